The first kappa shape index (κ1) is 21.3. The molecular formula is C23H26N4O3S. The Labute approximate surface area is 183 Å². The Balaban J connectivity index is 1.50. The summed E-state index contributed by atoms with van der Waals surface area (Å²) in [4.78, 5) is 2.38. The Kier molecular flexibility index (Phi) is 6.48. The van der Waals surface area contributed by atoms with Gasteiger partial charge in [0.15, 0.2) is 5.82 Å². The van der Waals surface area contributed by atoms with Crippen LogP contribution in [0, 0.1) is 0 Å². The molecule has 0 radical (unpaired) electrons. The Hall–Kier alpha value is -2.97. The lowest BCUT2D eigenvalue weighted by Crippen LogP contribution is -2.36. The van der Waals surface area contributed by atoms with Crippen LogP contribution in [0.2, 0.25) is 0 Å². The van der Waals surface area contributed by atoms with Crippen molar-refractivity contribution < 1.29 is 13.2 Å². The van der Waals surface area contributed by atoms with Crippen LogP contribution in [-0.4, -0.2) is 44.9 Å². The van der Waals surface area contributed by atoms with E-state index in [4.69, 9.17) is 4.74 Å². The zero-order valence-electron chi connectivity index (χ0n) is 17.5. The number of hydrogen-bond donors (Lipinski definition) is 1. The number of nitrogens with one attached hydrogen (secondary N) is 1. The normalized spacial score (nSPS) is 14.4. The van der Waals surface area contributed by atoms with E-state index in [0.717, 1.165) is 42.9 Å². The Bertz CT molecular complexity index is 1110. The predicted molar refractivity (Wildman–Crippen MR) is 122 cm³/mol. The summed E-state index contributed by atoms with van der Waals surface area (Å²) in [5, 5.41) is 8.67. The minimum absolute atomic E-state index is 0.243. The van der Waals surface area contributed by atoms with Crippen molar-refractivity contribution in [2.24, 2.45) is 0 Å². The van der Waals surface area contributed by atoms with Crippen molar-refractivity contribution in [3.05, 3.63) is 66.2 Å². The summed E-state index contributed by atoms with van der Waals surface area (Å²) in [6.07, 6.45) is 1.95. The van der Waals surface area contributed by atoms with Crippen molar-refractivity contribution in [3.63, 3.8) is 0 Å². The van der Waals surface area contributed by atoms with E-state index in [-0.39, 0.29) is 4.90 Å². The minimum Gasteiger partial charge on any atom is -0.378 e. The topological polar surface area (TPSA) is 84.4 Å². The van der Waals surface area contributed by atoms with Crippen LogP contribution in [0.4, 0.5) is 11.5 Å². The summed E-state index contributed by atoms with van der Waals surface area (Å²) in [5.41, 5.74) is 3.08. The fraction of sp³-hybridized carbons (Fsp3) is 0.304. The van der Waals surface area contributed by atoms with Gasteiger partial charge < -0.3 is 9.64 Å². The largest absolute Gasteiger partial charge is 0.378 e. The quantitative estimate of drug-likeness (QED) is 0.605. The second kappa shape index (κ2) is 9.45. The molecule has 8 heteroatoms. The van der Waals surface area contributed by atoms with Gasteiger partial charge in [-0.1, -0.05) is 37.6 Å². The van der Waals surface area contributed by atoms with Crippen molar-refractivity contribution >= 4 is 21.5 Å². The van der Waals surface area contributed by atoms with Crippen LogP contribution in [0.1, 0.15) is 18.9 Å². The molecule has 31 heavy (non-hydrogen) atoms. The number of sulfonamides is 1. The van der Waals surface area contributed by atoms with Crippen molar-refractivity contribution in [1.29, 1.82) is 0 Å². The number of rotatable bonds is 7. The molecule has 2 heterocycles. The molecule has 0 saturated carbocycles. The molecule has 7 nitrogen and oxygen atoms in total. The maximum atomic E-state index is 12.8. The highest BCUT2D eigenvalue weighted by atomic mass is 32.2. The Morgan fingerprint density at radius 1 is 1.00 bits per heavy atom. The van der Waals surface area contributed by atoms with Gasteiger partial charge in [-0.05, 0) is 48.4 Å². The van der Waals surface area contributed by atoms with Crippen LogP contribution >= 0.6 is 0 Å². The van der Waals surface area contributed by atoms with E-state index in [1.165, 1.54) is 0 Å². The highest BCUT2D eigenvalue weighted by molar-refractivity contribution is 7.92. The van der Waals surface area contributed by atoms with Gasteiger partial charge in [-0.3, -0.25) is 4.72 Å². The van der Waals surface area contributed by atoms with E-state index in [2.05, 4.69) is 26.7 Å². The summed E-state index contributed by atoms with van der Waals surface area (Å²) < 4.78 is 33.6. The first-order valence-corrected chi connectivity index (χ1v) is 11.9. The highest BCUT2D eigenvalue weighted by Crippen LogP contribution is 2.24. The molecule has 1 saturated heterocycles. The number of benzene rings is 2. The molecule has 0 amide bonds. The van der Waals surface area contributed by atoms with Gasteiger partial charge in [0.05, 0.1) is 23.8 Å². The lowest BCUT2D eigenvalue weighted by Gasteiger charge is -2.27. The van der Waals surface area contributed by atoms with Crippen LogP contribution in [0.5, 0.6) is 0 Å². The average molecular weight is 439 g/mol. The van der Waals surface area contributed by atoms with E-state index in [0.29, 0.717) is 24.6 Å². The maximum Gasteiger partial charge on any atom is 0.261 e. The number of ether oxygens (including phenoxy) is 1. The molecule has 0 aliphatic carbocycles. The zero-order valence-corrected chi connectivity index (χ0v) is 18.3. The van der Waals surface area contributed by atoms with Crippen LogP contribution in [0.25, 0.3) is 11.3 Å². The second-order valence-electron chi connectivity index (χ2n) is 7.46. The summed E-state index contributed by atoms with van der Waals surface area (Å²) in [6.45, 7) is 5.06. The number of aromatic nitrogens is 2. The number of hydrogen-bond acceptors (Lipinski definition) is 6. The fourth-order valence-corrected chi connectivity index (χ4v) is 4.57. The molecular weight excluding hydrogens is 412 g/mol. The van der Waals surface area contributed by atoms with Gasteiger partial charge in [-0.15, -0.1) is 10.2 Å². The minimum atomic E-state index is -3.67. The van der Waals surface area contributed by atoms with Crippen molar-refractivity contribution in [2.45, 2.75) is 24.7 Å². The van der Waals surface area contributed by atoms with Gasteiger partial charge in [-0.25, -0.2) is 8.42 Å². The van der Waals surface area contributed by atoms with E-state index in [1.54, 1.807) is 30.3 Å². The molecule has 0 bridgehead atoms. The van der Waals surface area contributed by atoms with E-state index in [9.17, 15) is 8.42 Å². The van der Waals surface area contributed by atoms with Crippen LogP contribution < -0.4 is 9.62 Å². The molecule has 4 rings (SSSR count). The molecule has 1 fully saturated rings. The molecule has 0 unspecified atom stereocenters. The molecule has 0 atom stereocenters. The average Bonchev–Trinajstić information content (AvgIpc) is 2.80. The van der Waals surface area contributed by atoms with E-state index in [1.807, 2.05) is 30.3 Å². The molecule has 1 aliphatic rings. The van der Waals surface area contributed by atoms with Crippen LogP contribution in [0.3, 0.4) is 0 Å². The van der Waals surface area contributed by atoms with Crippen molar-refractivity contribution in [3.8, 4) is 11.3 Å². The maximum absolute atomic E-state index is 12.8. The fourth-order valence-electron chi connectivity index (χ4n) is 3.52. The Morgan fingerprint density at radius 2 is 1.77 bits per heavy atom. The second-order valence-corrected chi connectivity index (χ2v) is 9.14. The zero-order chi connectivity index (χ0) is 21.7. The number of morpholine rings is 1. The summed E-state index contributed by atoms with van der Waals surface area (Å²) in [5.74, 6) is 0.815. The van der Waals surface area contributed by atoms with Crippen LogP contribution in [0.15, 0.2) is 65.6 Å². The van der Waals surface area contributed by atoms with Gasteiger partial charge in [0.1, 0.15) is 0 Å². The molecule has 0 spiro atoms. The smallest absolute Gasteiger partial charge is 0.261 e. The molecule has 162 valence electrons. The SMILES string of the molecule is CCCc1ccc(S(=O)(=O)Nc2cccc(-c3ccc(N4CCOCC4)nn3)c2)cc1. The van der Waals surface area contributed by atoms with Gasteiger partial charge in [0, 0.05) is 24.3 Å². The first-order chi connectivity index (χ1) is 15.0. The van der Waals surface area contributed by atoms with Gasteiger partial charge in [0.25, 0.3) is 10.0 Å². The van der Waals surface area contributed by atoms with E-state index < -0.39 is 10.0 Å². The molecule has 1 N–H and O–H groups in total. The lowest BCUT2D eigenvalue weighted by atomic mass is 10.1. The summed E-state index contributed by atoms with van der Waals surface area (Å²) >= 11 is 0. The first-order valence-electron chi connectivity index (χ1n) is 10.4. The molecule has 2 aromatic carbocycles. The summed E-state index contributed by atoms with van der Waals surface area (Å²) in [6, 6.07) is 18.0. The number of nitrogens with zero attached hydrogens (tertiary/aromatic N) is 3. The van der Waals surface area contributed by atoms with Crippen molar-refractivity contribution in [1.82, 2.24) is 10.2 Å². The van der Waals surface area contributed by atoms with Crippen LogP contribution in [-0.2, 0) is 21.2 Å². The predicted octanol–water partition coefficient (Wildman–Crippen LogP) is 3.73. The Morgan fingerprint density at radius 3 is 2.45 bits per heavy atom. The van der Waals surface area contributed by atoms with Crippen molar-refractivity contribution in [2.75, 3.05) is 35.9 Å². The number of anilines is 2. The van der Waals surface area contributed by atoms with Gasteiger partial charge >= 0.3 is 0 Å². The lowest BCUT2D eigenvalue weighted by molar-refractivity contribution is 0.122. The third-order valence-electron chi connectivity index (χ3n) is 5.17. The van der Waals surface area contributed by atoms with E-state index >= 15 is 0 Å². The third kappa shape index (κ3) is 5.21. The molecule has 1 aromatic heterocycles. The van der Waals surface area contributed by atoms with Gasteiger partial charge in [-0.2, -0.15) is 0 Å². The standard InChI is InChI=1S/C23H26N4O3S/c1-2-4-18-7-9-21(10-8-18)31(28,29)26-20-6-3-5-19(17-20)22-11-12-23(25-24-22)27-13-15-30-16-14-27/h3,5-12,17,26H,2,4,13-16H2,1H3. The molecule has 1 aliphatic heterocycles. The number of aryl methyl sites for hydroxylation is 1. The summed E-state index contributed by atoms with van der Waals surface area (Å²) in [7, 11) is -3.67. The highest BCUT2D eigenvalue weighted by Gasteiger charge is 2.16. The van der Waals surface area contributed by atoms with Gasteiger partial charge in [0.2, 0.25) is 0 Å². The molecule has 3 aromatic rings. The third-order valence-corrected chi connectivity index (χ3v) is 6.57. The monoisotopic (exact) mass is 438 g/mol.